The summed E-state index contributed by atoms with van der Waals surface area (Å²) in [5.74, 6) is -1.10. The quantitative estimate of drug-likeness (QED) is 0.548. The Bertz CT molecular complexity index is 440. The lowest BCUT2D eigenvalue weighted by molar-refractivity contribution is 0.0690. The minimum absolute atomic E-state index is 0.0611. The number of hydrogen-bond donors (Lipinski definition) is 3. The number of aromatic nitrogens is 1. The summed E-state index contributed by atoms with van der Waals surface area (Å²) in [5.41, 5.74) is 0.387. The molecule has 2 amide bonds. The van der Waals surface area contributed by atoms with Gasteiger partial charge in [-0.2, -0.15) is 0 Å². The van der Waals surface area contributed by atoms with E-state index in [0.29, 0.717) is 12.2 Å². The van der Waals surface area contributed by atoms with E-state index >= 15 is 0 Å². The monoisotopic (exact) mass is 249 g/mol. The number of urea groups is 1. The van der Waals surface area contributed by atoms with Crippen molar-refractivity contribution in [2.24, 2.45) is 0 Å². The van der Waals surface area contributed by atoms with E-state index in [1.165, 1.54) is 18.3 Å². The van der Waals surface area contributed by atoms with Crippen molar-refractivity contribution < 1.29 is 14.7 Å². The Kier molecular flexibility index (Phi) is 5.37. The molecule has 1 aromatic rings. The predicted molar refractivity (Wildman–Crippen MR) is 67.6 cm³/mol. The summed E-state index contributed by atoms with van der Waals surface area (Å²) < 4.78 is 0. The fourth-order valence-corrected chi connectivity index (χ4v) is 1.21. The highest BCUT2D eigenvalue weighted by Crippen LogP contribution is 2.05. The van der Waals surface area contributed by atoms with Crippen LogP contribution in [0.3, 0.4) is 0 Å². The molecule has 0 aliphatic carbocycles. The van der Waals surface area contributed by atoms with Gasteiger partial charge in [0.1, 0.15) is 5.69 Å². The van der Waals surface area contributed by atoms with E-state index in [2.05, 4.69) is 15.6 Å². The summed E-state index contributed by atoms with van der Waals surface area (Å²) >= 11 is 0. The van der Waals surface area contributed by atoms with Crippen molar-refractivity contribution in [3.8, 4) is 0 Å². The summed E-state index contributed by atoms with van der Waals surface area (Å²) in [6.07, 6.45) is 5.92. The Morgan fingerprint density at radius 1 is 1.44 bits per heavy atom. The third-order valence-electron chi connectivity index (χ3n) is 2.07. The molecule has 6 heteroatoms. The average Bonchev–Trinajstić information content (AvgIpc) is 2.35. The highest BCUT2D eigenvalue weighted by Gasteiger charge is 2.05. The zero-order chi connectivity index (χ0) is 13.4. The van der Waals surface area contributed by atoms with Gasteiger partial charge in [-0.15, -0.1) is 0 Å². The molecule has 18 heavy (non-hydrogen) atoms. The van der Waals surface area contributed by atoms with Crippen LogP contribution in [0.25, 0.3) is 0 Å². The van der Waals surface area contributed by atoms with Crippen molar-refractivity contribution in [3.63, 3.8) is 0 Å². The number of anilines is 1. The fraction of sp³-hybridized carbons (Fsp3) is 0.250. The first kappa shape index (κ1) is 13.7. The molecule has 0 fully saturated rings. The molecular formula is C12H15N3O3. The maximum atomic E-state index is 11.4. The van der Waals surface area contributed by atoms with E-state index in [1.807, 2.05) is 19.1 Å². The molecule has 0 aromatic carbocycles. The van der Waals surface area contributed by atoms with Gasteiger partial charge in [0.05, 0.1) is 11.9 Å². The standard InChI is InChI=1S/C12H15N3O3/c1-2-3-4-7-13-12(18)15-9-5-6-10(11(16)17)14-8-9/h2-3,5-6,8H,4,7H2,1H3,(H,16,17)(H2,13,15,18)/b3-2+. The second-order valence-electron chi connectivity index (χ2n) is 3.48. The van der Waals surface area contributed by atoms with Gasteiger partial charge in [0.2, 0.25) is 0 Å². The Labute approximate surface area is 105 Å². The van der Waals surface area contributed by atoms with E-state index in [0.717, 1.165) is 6.42 Å². The predicted octanol–water partition coefficient (Wildman–Crippen LogP) is 1.87. The zero-order valence-electron chi connectivity index (χ0n) is 10.0. The largest absolute Gasteiger partial charge is 0.477 e. The first-order valence-corrected chi connectivity index (χ1v) is 5.49. The van der Waals surface area contributed by atoms with E-state index in [4.69, 9.17) is 5.11 Å². The second-order valence-corrected chi connectivity index (χ2v) is 3.48. The highest BCUT2D eigenvalue weighted by molar-refractivity contribution is 5.90. The summed E-state index contributed by atoms with van der Waals surface area (Å²) in [7, 11) is 0. The Morgan fingerprint density at radius 2 is 2.22 bits per heavy atom. The van der Waals surface area contributed by atoms with Gasteiger partial charge < -0.3 is 15.7 Å². The van der Waals surface area contributed by atoms with Crippen LogP contribution in [0, 0.1) is 0 Å². The van der Waals surface area contributed by atoms with E-state index in [9.17, 15) is 9.59 Å². The topological polar surface area (TPSA) is 91.3 Å². The molecule has 1 aromatic heterocycles. The number of nitrogens with zero attached hydrogens (tertiary/aromatic N) is 1. The molecule has 0 unspecified atom stereocenters. The molecule has 0 aliphatic heterocycles. The lowest BCUT2D eigenvalue weighted by atomic mass is 10.3. The van der Waals surface area contributed by atoms with E-state index < -0.39 is 5.97 Å². The van der Waals surface area contributed by atoms with Crippen molar-refractivity contribution in [3.05, 3.63) is 36.2 Å². The molecule has 0 saturated carbocycles. The molecular weight excluding hydrogens is 234 g/mol. The normalized spacial score (nSPS) is 10.3. The third-order valence-corrected chi connectivity index (χ3v) is 2.07. The summed E-state index contributed by atoms with van der Waals surface area (Å²) in [6.45, 7) is 2.45. The maximum Gasteiger partial charge on any atom is 0.354 e. The smallest absolute Gasteiger partial charge is 0.354 e. The van der Waals surface area contributed by atoms with E-state index in [1.54, 1.807) is 0 Å². The van der Waals surface area contributed by atoms with Gasteiger partial charge in [-0.05, 0) is 25.5 Å². The van der Waals surface area contributed by atoms with Crippen LogP contribution in [0.2, 0.25) is 0 Å². The Morgan fingerprint density at radius 3 is 2.78 bits per heavy atom. The van der Waals surface area contributed by atoms with Gasteiger partial charge in [0.15, 0.2) is 0 Å². The molecule has 0 radical (unpaired) electrons. The van der Waals surface area contributed by atoms with Crippen LogP contribution in [-0.2, 0) is 0 Å². The van der Waals surface area contributed by atoms with Gasteiger partial charge in [-0.25, -0.2) is 14.6 Å². The number of allylic oxidation sites excluding steroid dienone is 1. The van der Waals surface area contributed by atoms with Crippen LogP contribution in [0.1, 0.15) is 23.8 Å². The number of carboxylic acids is 1. The number of rotatable bonds is 5. The molecule has 6 nitrogen and oxygen atoms in total. The molecule has 0 aliphatic rings. The van der Waals surface area contributed by atoms with Crippen molar-refractivity contribution >= 4 is 17.7 Å². The van der Waals surface area contributed by atoms with Crippen LogP contribution in [0.4, 0.5) is 10.5 Å². The van der Waals surface area contributed by atoms with Gasteiger partial charge in [0.25, 0.3) is 0 Å². The van der Waals surface area contributed by atoms with Crippen LogP contribution < -0.4 is 10.6 Å². The number of hydrogen-bond acceptors (Lipinski definition) is 3. The molecule has 1 heterocycles. The number of nitrogens with one attached hydrogen (secondary N) is 2. The molecule has 3 N–H and O–H groups in total. The molecule has 0 atom stereocenters. The minimum Gasteiger partial charge on any atom is -0.477 e. The van der Waals surface area contributed by atoms with Gasteiger partial charge in [-0.3, -0.25) is 0 Å². The van der Waals surface area contributed by atoms with Crippen LogP contribution in [0.15, 0.2) is 30.5 Å². The molecule has 0 saturated heterocycles. The first-order valence-electron chi connectivity index (χ1n) is 5.49. The summed E-state index contributed by atoms with van der Waals surface area (Å²) in [5, 5.41) is 13.9. The van der Waals surface area contributed by atoms with E-state index in [-0.39, 0.29) is 11.7 Å². The van der Waals surface area contributed by atoms with Crippen molar-refractivity contribution in [1.29, 1.82) is 0 Å². The Balaban J connectivity index is 2.42. The molecule has 0 bridgehead atoms. The van der Waals surface area contributed by atoms with Crippen molar-refractivity contribution in [2.75, 3.05) is 11.9 Å². The SMILES string of the molecule is C/C=C/CCNC(=O)Nc1ccc(C(=O)O)nc1. The number of carboxylic acid groups (broad SMARTS) is 1. The van der Waals surface area contributed by atoms with Gasteiger partial charge in [-0.1, -0.05) is 12.2 Å². The number of aromatic carboxylic acids is 1. The number of pyridine rings is 1. The minimum atomic E-state index is -1.10. The van der Waals surface area contributed by atoms with Crippen LogP contribution in [0.5, 0.6) is 0 Å². The number of carbonyl (C=O) groups excluding carboxylic acids is 1. The highest BCUT2D eigenvalue weighted by atomic mass is 16.4. The lowest BCUT2D eigenvalue weighted by Gasteiger charge is -2.06. The molecule has 0 spiro atoms. The first-order chi connectivity index (χ1) is 8.63. The van der Waals surface area contributed by atoms with Gasteiger partial charge in [0, 0.05) is 6.54 Å². The summed E-state index contributed by atoms with van der Waals surface area (Å²) in [4.78, 5) is 25.7. The molecule has 1 rings (SSSR count). The molecule has 96 valence electrons. The van der Waals surface area contributed by atoms with Crippen LogP contribution in [-0.4, -0.2) is 28.6 Å². The third kappa shape index (κ3) is 4.65. The second kappa shape index (κ2) is 7.05. The summed E-state index contributed by atoms with van der Waals surface area (Å²) in [6, 6.07) is 2.48. The Hall–Kier alpha value is -2.37. The average molecular weight is 249 g/mol. The van der Waals surface area contributed by atoms with Crippen LogP contribution >= 0.6 is 0 Å². The van der Waals surface area contributed by atoms with Gasteiger partial charge >= 0.3 is 12.0 Å². The maximum absolute atomic E-state index is 11.4. The number of carbonyl (C=O) groups is 2. The van der Waals surface area contributed by atoms with Crippen molar-refractivity contribution in [1.82, 2.24) is 10.3 Å². The fourth-order valence-electron chi connectivity index (χ4n) is 1.21. The lowest BCUT2D eigenvalue weighted by Crippen LogP contribution is -2.29. The number of amides is 2. The van der Waals surface area contributed by atoms with Crippen molar-refractivity contribution in [2.45, 2.75) is 13.3 Å². The zero-order valence-corrected chi connectivity index (χ0v) is 10.0.